The molecule has 0 N–H and O–H groups in total. The van der Waals surface area contributed by atoms with Gasteiger partial charge in [0, 0.05) is 5.57 Å². The van der Waals surface area contributed by atoms with Crippen molar-refractivity contribution in [2.75, 3.05) is 6.61 Å². The maximum absolute atomic E-state index is 5.20. The highest BCUT2D eigenvalue weighted by molar-refractivity contribution is 5.34. The van der Waals surface area contributed by atoms with Gasteiger partial charge in [-0.3, -0.25) is 0 Å². The fourth-order valence-electron chi connectivity index (χ4n) is 0.688. The van der Waals surface area contributed by atoms with Crippen LogP contribution in [0.1, 0.15) is 20.8 Å². The van der Waals surface area contributed by atoms with Crippen molar-refractivity contribution in [2.24, 2.45) is 0 Å². The molecule has 0 atom stereocenters. The van der Waals surface area contributed by atoms with E-state index in [4.69, 9.17) is 4.74 Å². The maximum atomic E-state index is 5.20. The number of hydrogen-bond donors (Lipinski definition) is 0. The van der Waals surface area contributed by atoms with Crippen molar-refractivity contribution >= 4 is 0 Å². The van der Waals surface area contributed by atoms with E-state index in [-0.39, 0.29) is 0 Å². The molecule has 0 amide bonds. The van der Waals surface area contributed by atoms with Crippen LogP contribution in [0, 0.1) is 0 Å². The monoisotopic (exact) mass is 178 g/mol. The Labute approximate surface area is 81.1 Å². The molecular formula is C12H18O. The SMILES string of the molecule is C=C(/C=C\C(C)=C/C)C(=C)OCC. The average Bonchev–Trinajstić information content (AvgIpc) is 2.13. The molecule has 0 fully saturated rings. The summed E-state index contributed by atoms with van der Waals surface area (Å²) in [4.78, 5) is 0. The van der Waals surface area contributed by atoms with Crippen LogP contribution in [-0.2, 0) is 4.74 Å². The fraction of sp³-hybridized carbons (Fsp3) is 0.333. The summed E-state index contributed by atoms with van der Waals surface area (Å²) < 4.78 is 5.20. The lowest BCUT2D eigenvalue weighted by Crippen LogP contribution is -1.90. The van der Waals surface area contributed by atoms with E-state index in [1.807, 2.05) is 39.0 Å². The second kappa shape index (κ2) is 6.30. The summed E-state index contributed by atoms with van der Waals surface area (Å²) in [6, 6.07) is 0. The summed E-state index contributed by atoms with van der Waals surface area (Å²) in [5.74, 6) is 0.641. The number of rotatable bonds is 5. The van der Waals surface area contributed by atoms with Gasteiger partial charge in [-0.05, 0) is 20.8 Å². The fourth-order valence-corrected chi connectivity index (χ4v) is 0.688. The zero-order valence-electron chi connectivity index (χ0n) is 8.76. The van der Waals surface area contributed by atoms with Gasteiger partial charge in [-0.1, -0.05) is 37.0 Å². The van der Waals surface area contributed by atoms with E-state index >= 15 is 0 Å². The predicted octanol–water partition coefficient (Wildman–Crippen LogP) is 3.62. The molecule has 0 aliphatic rings. The molecule has 0 spiro atoms. The molecule has 0 aliphatic carbocycles. The van der Waals surface area contributed by atoms with Crippen molar-refractivity contribution in [1.29, 1.82) is 0 Å². The Hall–Kier alpha value is -1.24. The second-order valence-electron chi connectivity index (χ2n) is 2.75. The molecule has 0 heterocycles. The van der Waals surface area contributed by atoms with Gasteiger partial charge in [0.25, 0.3) is 0 Å². The smallest absolute Gasteiger partial charge is 0.118 e. The Morgan fingerprint density at radius 2 is 1.92 bits per heavy atom. The first-order chi connectivity index (χ1) is 6.11. The van der Waals surface area contributed by atoms with Crippen LogP contribution in [0.3, 0.4) is 0 Å². The normalized spacial score (nSPS) is 11.8. The molecule has 0 aromatic carbocycles. The van der Waals surface area contributed by atoms with E-state index in [0.29, 0.717) is 12.4 Å². The summed E-state index contributed by atoms with van der Waals surface area (Å²) in [6.45, 7) is 14.2. The van der Waals surface area contributed by atoms with Gasteiger partial charge in [0.05, 0.1) is 6.61 Å². The van der Waals surface area contributed by atoms with E-state index < -0.39 is 0 Å². The molecule has 0 aromatic heterocycles. The van der Waals surface area contributed by atoms with Gasteiger partial charge in [0.1, 0.15) is 5.76 Å². The van der Waals surface area contributed by atoms with E-state index in [0.717, 1.165) is 5.57 Å². The van der Waals surface area contributed by atoms with Crippen molar-refractivity contribution < 1.29 is 4.74 Å². The van der Waals surface area contributed by atoms with Crippen molar-refractivity contribution in [3.05, 3.63) is 48.3 Å². The van der Waals surface area contributed by atoms with Crippen molar-refractivity contribution in [2.45, 2.75) is 20.8 Å². The third kappa shape index (κ3) is 5.07. The van der Waals surface area contributed by atoms with Gasteiger partial charge in [-0.2, -0.15) is 0 Å². The molecule has 1 heteroatoms. The topological polar surface area (TPSA) is 9.23 Å². The van der Waals surface area contributed by atoms with Crippen LogP contribution in [-0.4, -0.2) is 6.61 Å². The van der Waals surface area contributed by atoms with Crippen molar-refractivity contribution in [3.8, 4) is 0 Å². The molecule has 0 saturated carbocycles. The molecule has 0 bridgehead atoms. The molecule has 13 heavy (non-hydrogen) atoms. The Bertz CT molecular complexity index is 244. The lowest BCUT2D eigenvalue weighted by atomic mass is 10.2. The second-order valence-corrected chi connectivity index (χ2v) is 2.75. The minimum absolute atomic E-state index is 0.633. The van der Waals surface area contributed by atoms with E-state index in [9.17, 15) is 0 Å². The standard InChI is InChI=1S/C12H18O/c1-6-10(3)8-9-11(4)12(5)13-7-2/h6,8-9H,4-5,7H2,1-3H3/b9-8-,10-6-. The summed E-state index contributed by atoms with van der Waals surface area (Å²) >= 11 is 0. The van der Waals surface area contributed by atoms with Crippen LogP contribution in [0.5, 0.6) is 0 Å². The highest BCUT2D eigenvalue weighted by Crippen LogP contribution is 2.09. The first-order valence-electron chi connectivity index (χ1n) is 4.43. The first-order valence-corrected chi connectivity index (χ1v) is 4.43. The van der Waals surface area contributed by atoms with Gasteiger partial charge in [0.15, 0.2) is 0 Å². The van der Waals surface area contributed by atoms with Crippen LogP contribution in [0.25, 0.3) is 0 Å². The quantitative estimate of drug-likeness (QED) is 0.461. The van der Waals surface area contributed by atoms with E-state index in [2.05, 4.69) is 13.2 Å². The summed E-state index contributed by atoms with van der Waals surface area (Å²) in [7, 11) is 0. The highest BCUT2D eigenvalue weighted by Gasteiger charge is 1.94. The van der Waals surface area contributed by atoms with Crippen LogP contribution in [0.4, 0.5) is 0 Å². The Balaban J connectivity index is 4.15. The molecule has 0 aliphatic heterocycles. The summed E-state index contributed by atoms with van der Waals surface area (Å²) in [5.41, 5.74) is 2.02. The van der Waals surface area contributed by atoms with Gasteiger partial charge < -0.3 is 4.74 Å². The number of ether oxygens (including phenoxy) is 1. The summed E-state index contributed by atoms with van der Waals surface area (Å²) in [6.07, 6.45) is 5.94. The molecule has 0 rings (SSSR count). The first kappa shape index (κ1) is 11.8. The lowest BCUT2D eigenvalue weighted by Gasteiger charge is -2.05. The highest BCUT2D eigenvalue weighted by atomic mass is 16.5. The lowest BCUT2D eigenvalue weighted by molar-refractivity contribution is 0.241. The zero-order chi connectivity index (χ0) is 10.3. The van der Waals surface area contributed by atoms with Crippen LogP contribution < -0.4 is 0 Å². The molecule has 0 radical (unpaired) electrons. The maximum Gasteiger partial charge on any atom is 0.118 e. The molecule has 0 unspecified atom stereocenters. The number of allylic oxidation sites excluding steroid dienone is 4. The van der Waals surface area contributed by atoms with Crippen LogP contribution >= 0.6 is 0 Å². The van der Waals surface area contributed by atoms with Crippen molar-refractivity contribution in [1.82, 2.24) is 0 Å². The number of hydrogen-bond acceptors (Lipinski definition) is 1. The van der Waals surface area contributed by atoms with Crippen LogP contribution in [0.2, 0.25) is 0 Å². The largest absolute Gasteiger partial charge is 0.494 e. The van der Waals surface area contributed by atoms with Gasteiger partial charge in [-0.25, -0.2) is 0 Å². The van der Waals surface area contributed by atoms with Gasteiger partial charge >= 0.3 is 0 Å². The third-order valence-electron chi connectivity index (χ3n) is 1.68. The Morgan fingerprint density at radius 1 is 1.31 bits per heavy atom. The molecule has 0 saturated heterocycles. The molecule has 0 aromatic rings. The minimum atomic E-state index is 0.633. The van der Waals surface area contributed by atoms with E-state index in [1.165, 1.54) is 5.57 Å². The van der Waals surface area contributed by atoms with Gasteiger partial charge in [-0.15, -0.1) is 0 Å². The van der Waals surface area contributed by atoms with Crippen molar-refractivity contribution in [3.63, 3.8) is 0 Å². The Morgan fingerprint density at radius 3 is 2.38 bits per heavy atom. The van der Waals surface area contributed by atoms with E-state index in [1.54, 1.807) is 0 Å². The molecule has 1 nitrogen and oxygen atoms in total. The minimum Gasteiger partial charge on any atom is -0.494 e. The Kier molecular flexibility index (Phi) is 5.69. The third-order valence-corrected chi connectivity index (χ3v) is 1.68. The van der Waals surface area contributed by atoms with Gasteiger partial charge in [0.2, 0.25) is 0 Å². The zero-order valence-corrected chi connectivity index (χ0v) is 8.76. The molecular weight excluding hydrogens is 160 g/mol. The molecule has 72 valence electrons. The average molecular weight is 178 g/mol. The predicted molar refractivity (Wildman–Crippen MR) is 58.5 cm³/mol. The summed E-state index contributed by atoms with van der Waals surface area (Å²) in [5, 5.41) is 0. The van der Waals surface area contributed by atoms with Crippen LogP contribution in [0.15, 0.2) is 48.3 Å².